The van der Waals surface area contributed by atoms with E-state index in [0.717, 1.165) is 31.5 Å². The van der Waals surface area contributed by atoms with E-state index in [-0.39, 0.29) is 30.3 Å². The quantitative estimate of drug-likeness (QED) is 0.796. The van der Waals surface area contributed by atoms with E-state index in [4.69, 9.17) is 0 Å². The fourth-order valence-electron chi connectivity index (χ4n) is 2.27. The van der Waals surface area contributed by atoms with Crippen LogP contribution in [0.4, 0.5) is 5.69 Å². The molecular formula is C15H22ClN3O2. The molecular weight excluding hydrogens is 290 g/mol. The average Bonchev–Trinajstić information content (AvgIpc) is 2.49. The Morgan fingerprint density at radius 2 is 1.95 bits per heavy atom. The van der Waals surface area contributed by atoms with Crippen molar-refractivity contribution in [2.45, 2.75) is 32.2 Å². The minimum Gasteiger partial charge on any atom is -0.352 e. The van der Waals surface area contributed by atoms with Gasteiger partial charge < -0.3 is 16.0 Å². The summed E-state index contributed by atoms with van der Waals surface area (Å²) in [5.74, 6) is -0.102. The smallest absolute Gasteiger partial charge is 0.251 e. The average molecular weight is 312 g/mol. The van der Waals surface area contributed by atoms with Gasteiger partial charge in [0.25, 0.3) is 5.91 Å². The van der Waals surface area contributed by atoms with Crippen LogP contribution in [0.1, 0.15) is 36.5 Å². The maximum Gasteiger partial charge on any atom is 0.251 e. The van der Waals surface area contributed by atoms with Gasteiger partial charge >= 0.3 is 0 Å². The molecule has 5 nitrogen and oxygen atoms in total. The molecule has 1 unspecified atom stereocenters. The number of hydrogen-bond donors (Lipinski definition) is 3. The fraction of sp³-hybridized carbons (Fsp3) is 0.467. The third-order valence-corrected chi connectivity index (χ3v) is 3.38. The summed E-state index contributed by atoms with van der Waals surface area (Å²) in [5.41, 5.74) is 1.32. The van der Waals surface area contributed by atoms with Crippen molar-refractivity contribution in [3.8, 4) is 0 Å². The van der Waals surface area contributed by atoms with Crippen LogP contribution in [-0.4, -0.2) is 30.9 Å². The van der Waals surface area contributed by atoms with Crippen LogP contribution in [0, 0.1) is 0 Å². The van der Waals surface area contributed by atoms with Crippen molar-refractivity contribution in [3.05, 3.63) is 29.8 Å². The molecule has 3 N–H and O–H groups in total. The second-order valence-corrected chi connectivity index (χ2v) is 4.93. The summed E-state index contributed by atoms with van der Waals surface area (Å²) in [6.07, 6.45) is 3.09. The van der Waals surface area contributed by atoms with E-state index in [1.807, 2.05) is 6.92 Å². The number of amides is 2. The molecule has 1 saturated heterocycles. The van der Waals surface area contributed by atoms with Gasteiger partial charge in [0.2, 0.25) is 5.91 Å². The predicted molar refractivity (Wildman–Crippen MR) is 86.0 cm³/mol. The molecule has 1 fully saturated rings. The number of halogens is 1. The summed E-state index contributed by atoms with van der Waals surface area (Å²) in [6.45, 7) is 3.38. The Morgan fingerprint density at radius 1 is 1.24 bits per heavy atom. The highest BCUT2D eigenvalue weighted by molar-refractivity contribution is 5.97. The lowest BCUT2D eigenvalue weighted by Crippen LogP contribution is -2.43. The van der Waals surface area contributed by atoms with Crippen LogP contribution in [0.5, 0.6) is 0 Å². The molecule has 1 aliphatic heterocycles. The number of rotatable bonds is 4. The third kappa shape index (κ3) is 5.02. The second-order valence-electron chi connectivity index (χ2n) is 4.93. The Labute approximate surface area is 131 Å². The number of benzene rings is 1. The molecule has 0 radical (unpaired) electrons. The Hall–Kier alpha value is -1.59. The van der Waals surface area contributed by atoms with Crippen LogP contribution in [0.2, 0.25) is 0 Å². The predicted octanol–water partition coefficient (Wildman–Crippen LogP) is 1.94. The van der Waals surface area contributed by atoms with E-state index < -0.39 is 0 Å². The van der Waals surface area contributed by atoms with Crippen LogP contribution in [0.3, 0.4) is 0 Å². The molecule has 0 aliphatic carbocycles. The molecule has 116 valence electrons. The summed E-state index contributed by atoms with van der Waals surface area (Å²) in [6, 6.07) is 6.84. The van der Waals surface area contributed by atoms with E-state index in [2.05, 4.69) is 16.0 Å². The number of piperidine rings is 1. The molecule has 2 rings (SSSR count). The summed E-state index contributed by atoms with van der Waals surface area (Å²) >= 11 is 0. The van der Waals surface area contributed by atoms with Crippen LogP contribution < -0.4 is 16.0 Å². The first-order chi connectivity index (χ1) is 9.70. The molecule has 0 saturated carbocycles. The van der Waals surface area contributed by atoms with Gasteiger partial charge in [-0.15, -0.1) is 12.4 Å². The molecule has 6 heteroatoms. The highest BCUT2D eigenvalue weighted by atomic mass is 35.5. The van der Waals surface area contributed by atoms with Gasteiger partial charge in [-0.05, 0) is 50.6 Å². The zero-order valence-electron chi connectivity index (χ0n) is 12.1. The van der Waals surface area contributed by atoms with E-state index in [9.17, 15) is 9.59 Å². The van der Waals surface area contributed by atoms with Crippen molar-refractivity contribution < 1.29 is 9.59 Å². The minimum atomic E-state index is -0.105. The van der Waals surface area contributed by atoms with Crippen molar-refractivity contribution in [1.82, 2.24) is 10.6 Å². The second kappa shape index (κ2) is 8.64. The summed E-state index contributed by atoms with van der Waals surface area (Å²) in [5, 5.41) is 8.82. The monoisotopic (exact) mass is 311 g/mol. The van der Waals surface area contributed by atoms with Crippen LogP contribution >= 0.6 is 12.4 Å². The molecule has 1 aliphatic rings. The highest BCUT2D eigenvalue weighted by Gasteiger charge is 2.20. The van der Waals surface area contributed by atoms with Gasteiger partial charge in [-0.1, -0.05) is 6.42 Å². The van der Waals surface area contributed by atoms with E-state index in [1.54, 1.807) is 24.3 Å². The number of carbonyl (C=O) groups excluding carboxylic acids is 2. The van der Waals surface area contributed by atoms with Crippen LogP contribution in [0.15, 0.2) is 24.3 Å². The lowest BCUT2D eigenvalue weighted by molar-refractivity contribution is -0.118. The number of hydrogen-bond acceptors (Lipinski definition) is 3. The molecule has 0 spiro atoms. The maximum absolute atomic E-state index is 12.0. The summed E-state index contributed by atoms with van der Waals surface area (Å²) in [4.78, 5) is 23.7. The Morgan fingerprint density at radius 3 is 2.52 bits per heavy atom. The molecule has 2 amide bonds. The normalized spacial score (nSPS) is 17.5. The van der Waals surface area contributed by atoms with Crippen molar-refractivity contribution in [2.24, 2.45) is 0 Å². The van der Waals surface area contributed by atoms with Crippen molar-refractivity contribution in [1.29, 1.82) is 0 Å². The lowest BCUT2D eigenvalue weighted by Gasteiger charge is -2.22. The topological polar surface area (TPSA) is 70.2 Å². The first-order valence-electron chi connectivity index (χ1n) is 7.13. The van der Waals surface area contributed by atoms with Gasteiger partial charge in [-0.2, -0.15) is 0 Å². The molecule has 0 aromatic heterocycles. The van der Waals surface area contributed by atoms with Crippen LogP contribution in [-0.2, 0) is 4.79 Å². The van der Waals surface area contributed by atoms with Gasteiger partial charge in [0.15, 0.2) is 0 Å². The molecule has 1 heterocycles. The minimum absolute atomic E-state index is 0. The zero-order chi connectivity index (χ0) is 14.4. The van der Waals surface area contributed by atoms with E-state index in [0.29, 0.717) is 12.1 Å². The van der Waals surface area contributed by atoms with Gasteiger partial charge in [0, 0.05) is 17.8 Å². The first kappa shape index (κ1) is 17.5. The van der Waals surface area contributed by atoms with Gasteiger partial charge in [-0.3, -0.25) is 9.59 Å². The maximum atomic E-state index is 12.0. The standard InChI is InChI=1S/C15H21N3O2.ClH/c1-2-16-14(19)11-6-8-12(9-7-11)18-15(20)13-5-3-4-10-17-13;/h6-9,13,17H,2-5,10H2,1H3,(H,16,19)(H,18,20);1H. The number of nitrogens with one attached hydrogen (secondary N) is 3. The Balaban J connectivity index is 0.00000220. The highest BCUT2D eigenvalue weighted by Crippen LogP contribution is 2.13. The first-order valence-corrected chi connectivity index (χ1v) is 7.13. The summed E-state index contributed by atoms with van der Waals surface area (Å²) in [7, 11) is 0. The van der Waals surface area contributed by atoms with Crippen LogP contribution in [0.25, 0.3) is 0 Å². The van der Waals surface area contributed by atoms with Crippen molar-refractivity contribution in [3.63, 3.8) is 0 Å². The third-order valence-electron chi connectivity index (χ3n) is 3.38. The van der Waals surface area contributed by atoms with Crippen molar-refractivity contribution >= 4 is 29.9 Å². The van der Waals surface area contributed by atoms with Gasteiger partial charge in [-0.25, -0.2) is 0 Å². The Bertz CT molecular complexity index is 470. The summed E-state index contributed by atoms with van der Waals surface area (Å²) < 4.78 is 0. The van der Waals surface area contributed by atoms with Gasteiger partial charge in [0.05, 0.1) is 6.04 Å². The lowest BCUT2D eigenvalue weighted by atomic mass is 10.0. The zero-order valence-corrected chi connectivity index (χ0v) is 13.0. The largest absolute Gasteiger partial charge is 0.352 e. The molecule has 21 heavy (non-hydrogen) atoms. The van der Waals surface area contributed by atoms with E-state index in [1.165, 1.54) is 0 Å². The SMILES string of the molecule is CCNC(=O)c1ccc(NC(=O)C2CCCCN2)cc1.Cl. The molecule has 1 aromatic rings. The Kier molecular flexibility index (Phi) is 7.19. The van der Waals surface area contributed by atoms with Gasteiger partial charge in [0.1, 0.15) is 0 Å². The number of anilines is 1. The van der Waals surface area contributed by atoms with Crippen molar-refractivity contribution in [2.75, 3.05) is 18.4 Å². The molecule has 0 bridgehead atoms. The number of carbonyl (C=O) groups is 2. The fourth-order valence-corrected chi connectivity index (χ4v) is 2.27. The van der Waals surface area contributed by atoms with E-state index >= 15 is 0 Å². The molecule has 1 aromatic carbocycles. The molecule has 1 atom stereocenters.